The van der Waals surface area contributed by atoms with E-state index >= 15 is 0 Å². The normalized spacial score (nSPS) is 17.3. The smallest absolute Gasteiger partial charge is 0.305 e. The van der Waals surface area contributed by atoms with Gasteiger partial charge in [-0.3, -0.25) is 14.6 Å². The van der Waals surface area contributed by atoms with Crippen LogP contribution in [-0.2, 0) is 14.6 Å². The number of nitrogens with one attached hydrogen (secondary N) is 1. The lowest BCUT2D eigenvalue weighted by Gasteiger charge is -2.32. The third-order valence-corrected chi connectivity index (χ3v) is 9.69. The summed E-state index contributed by atoms with van der Waals surface area (Å²) in [6.07, 6.45) is 4.38. The number of hydrogen-bond acceptors (Lipinski definition) is 7. The molecule has 0 spiro atoms. The van der Waals surface area contributed by atoms with Crippen molar-refractivity contribution in [1.29, 1.82) is 0 Å². The van der Waals surface area contributed by atoms with Crippen LogP contribution in [0.4, 0.5) is 11.4 Å². The van der Waals surface area contributed by atoms with E-state index in [0.717, 1.165) is 11.4 Å². The average molecular weight is 576 g/mol. The molecule has 0 unspecified atom stereocenters. The van der Waals surface area contributed by atoms with E-state index < -0.39 is 27.8 Å². The predicted molar refractivity (Wildman–Crippen MR) is 154 cm³/mol. The summed E-state index contributed by atoms with van der Waals surface area (Å²) < 4.78 is 30.3. The number of benzene rings is 2. The maximum Gasteiger partial charge on any atom is 0.305 e. The van der Waals surface area contributed by atoms with Crippen LogP contribution in [0, 0.1) is 0 Å². The number of pyridine rings is 1. The molecular weight excluding hydrogens is 542 g/mol. The summed E-state index contributed by atoms with van der Waals surface area (Å²) in [6.45, 7) is 2.71. The highest BCUT2D eigenvalue weighted by atomic mass is 32.2. The van der Waals surface area contributed by atoms with Gasteiger partial charge in [0, 0.05) is 34.5 Å². The standard InChI is InChI=1S/C31H33N3O6S/c1-2-41(38,39)24-10-7-21(8-11-24)27(18-30(35)36)33-31(37)22-9-12-28-29(15-22)40-14-13-34(28)23-16-25(19-3-4-19)32-26(17-23)20-5-6-20/h7-12,15-17,19-20,27H,2-6,13-14,18H2,1H3,(H,33,37)(H,35,36)/t27-/m0/s1. The summed E-state index contributed by atoms with van der Waals surface area (Å²) in [4.78, 5) is 32.2. The first-order valence-corrected chi connectivity index (χ1v) is 15.8. The second kappa shape index (κ2) is 10.8. The zero-order valence-corrected chi connectivity index (χ0v) is 23.7. The minimum absolute atomic E-state index is 0.0377. The van der Waals surface area contributed by atoms with Gasteiger partial charge in [-0.25, -0.2) is 8.42 Å². The van der Waals surface area contributed by atoms with Crippen LogP contribution in [0.3, 0.4) is 0 Å². The molecule has 1 amide bonds. The van der Waals surface area contributed by atoms with Crippen LogP contribution < -0.4 is 15.0 Å². The number of carbonyl (C=O) groups is 2. The Morgan fingerprint density at radius 3 is 2.27 bits per heavy atom. The van der Waals surface area contributed by atoms with Crippen molar-refractivity contribution in [2.24, 2.45) is 0 Å². The van der Waals surface area contributed by atoms with Crippen molar-refractivity contribution < 1.29 is 27.9 Å². The number of nitrogens with zero attached hydrogens (tertiary/aromatic N) is 2. The van der Waals surface area contributed by atoms with E-state index in [0.29, 0.717) is 41.9 Å². The molecule has 3 aliphatic rings. The first kappa shape index (κ1) is 27.3. The molecule has 2 fully saturated rings. The largest absolute Gasteiger partial charge is 0.490 e. The van der Waals surface area contributed by atoms with E-state index in [9.17, 15) is 23.1 Å². The van der Waals surface area contributed by atoms with Crippen molar-refractivity contribution in [3.8, 4) is 5.75 Å². The van der Waals surface area contributed by atoms with Gasteiger partial charge in [0.2, 0.25) is 0 Å². The first-order chi connectivity index (χ1) is 19.7. The molecule has 0 saturated heterocycles. The highest BCUT2D eigenvalue weighted by Crippen LogP contribution is 2.46. The number of amides is 1. The van der Waals surface area contributed by atoms with Crippen molar-refractivity contribution in [1.82, 2.24) is 10.3 Å². The number of anilines is 2. The number of carboxylic acid groups (broad SMARTS) is 1. The molecule has 1 aromatic heterocycles. The quantitative estimate of drug-likeness (QED) is 0.342. The van der Waals surface area contributed by atoms with E-state index in [2.05, 4.69) is 22.3 Å². The number of fused-ring (bicyclic) bond motifs is 1. The molecule has 3 aromatic rings. The summed E-state index contributed by atoms with van der Waals surface area (Å²) in [7, 11) is -3.40. The third kappa shape index (κ3) is 5.93. The molecule has 214 valence electrons. The summed E-state index contributed by atoms with van der Waals surface area (Å²) in [5.74, 6) is 0.115. The van der Waals surface area contributed by atoms with Crippen molar-refractivity contribution in [3.05, 3.63) is 77.1 Å². The molecule has 2 aromatic carbocycles. The molecule has 41 heavy (non-hydrogen) atoms. The van der Waals surface area contributed by atoms with Crippen molar-refractivity contribution in [2.75, 3.05) is 23.8 Å². The fraction of sp³-hybridized carbons (Fsp3) is 0.387. The molecule has 6 rings (SSSR count). The van der Waals surface area contributed by atoms with Crippen LogP contribution in [0.25, 0.3) is 0 Å². The maximum absolute atomic E-state index is 13.3. The van der Waals surface area contributed by atoms with Gasteiger partial charge in [-0.15, -0.1) is 0 Å². The van der Waals surface area contributed by atoms with Crippen molar-refractivity contribution in [3.63, 3.8) is 0 Å². The van der Waals surface area contributed by atoms with Crippen LogP contribution in [0.1, 0.15) is 84.2 Å². The van der Waals surface area contributed by atoms with Gasteiger partial charge in [0.15, 0.2) is 9.84 Å². The van der Waals surface area contributed by atoms with Crippen LogP contribution in [0.15, 0.2) is 59.5 Å². The van der Waals surface area contributed by atoms with E-state index in [-0.39, 0.29) is 17.1 Å². The van der Waals surface area contributed by atoms with E-state index in [1.54, 1.807) is 31.2 Å². The lowest BCUT2D eigenvalue weighted by molar-refractivity contribution is -0.137. The Labute approximate surface area is 239 Å². The molecule has 1 aliphatic heterocycles. The zero-order chi connectivity index (χ0) is 28.7. The number of aromatic nitrogens is 1. The van der Waals surface area contributed by atoms with E-state index in [4.69, 9.17) is 9.72 Å². The summed E-state index contributed by atoms with van der Waals surface area (Å²) in [6, 6.07) is 14.8. The zero-order valence-electron chi connectivity index (χ0n) is 22.9. The van der Waals surface area contributed by atoms with Gasteiger partial charge >= 0.3 is 5.97 Å². The minimum Gasteiger partial charge on any atom is -0.490 e. The van der Waals surface area contributed by atoms with Gasteiger partial charge < -0.3 is 20.1 Å². The average Bonchev–Trinajstić information content (AvgIpc) is 3.89. The Morgan fingerprint density at radius 1 is 1.02 bits per heavy atom. The summed E-state index contributed by atoms with van der Waals surface area (Å²) >= 11 is 0. The Bertz CT molecular complexity index is 1570. The molecule has 0 bridgehead atoms. The van der Waals surface area contributed by atoms with Gasteiger partial charge in [-0.2, -0.15) is 0 Å². The fourth-order valence-corrected chi connectivity index (χ4v) is 6.15. The lowest BCUT2D eigenvalue weighted by atomic mass is 10.0. The highest BCUT2D eigenvalue weighted by molar-refractivity contribution is 7.91. The Balaban J connectivity index is 1.24. The second-order valence-corrected chi connectivity index (χ2v) is 13.3. The van der Waals surface area contributed by atoms with Crippen LogP contribution in [0.2, 0.25) is 0 Å². The maximum atomic E-state index is 13.3. The third-order valence-electron chi connectivity index (χ3n) is 7.94. The number of rotatable bonds is 10. The first-order valence-electron chi connectivity index (χ1n) is 14.1. The Hall–Kier alpha value is -3.92. The van der Waals surface area contributed by atoms with Gasteiger partial charge in [-0.05, 0) is 73.7 Å². The van der Waals surface area contributed by atoms with Gasteiger partial charge in [0.25, 0.3) is 5.91 Å². The molecule has 10 heteroatoms. The number of aliphatic carboxylic acids is 1. The van der Waals surface area contributed by atoms with Crippen LogP contribution in [-0.4, -0.2) is 49.3 Å². The van der Waals surface area contributed by atoms with E-state index in [1.807, 2.05) is 6.07 Å². The van der Waals surface area contributed by atoms with E-state index in [1.165, 1.54) is 49.2 Å². The Kier molecular flexibility index (Phi) is 7.19. The molecule has 9 nitrogen and oxygen atoms in total. The fourth-order valence-electron chi connectivity index (χ4n) is 5.26. The van der Waals surface area contributed by atoms with Crippen LogP contribution in [0.5, 0.6) is 5.75 Å². The van der Waals surface area contributed by atoms with Crippen LogP contribution >= 0.6 is 0 Å². The molecule has 2 aliphatic carbocycles. The molecule has 2 heterocycles. The molecule has 2 saturated carbocycles. The number of carbonyl (C=O) groups excluding carboxylic acids is 1. The molecule has 0 radical (unpaired) electrons. The summed E-state index contributed by atoms with van der Waals surface area (Å²) in [5, 5.41) is 12.3. The highest BCUT2D eigenvalue weighted by Gasteiger charge is 2.32. The Morgan fingerprint density at radius 2 is 1.68 bits per heavy atom. The van der Waals surface area contributed by atoms with Gasteiger partial charge in [0.1, 0.15) is 12.4 Å². The monoisotopic (exact) mass is 575 g/mol. The van der Waals surface area contributed by atoms with Crippen molar-refractivity contribution >= 4 is 33.1 Å². The molecule has 1 atom stereocenters. The predicted octanol–water partition coefficient (Wildman–Crippen LogP) is 5.11. The minimum atomic E-state index is -3.40. The number of carboxylic acids is 1. The summed E-state index contributed by atoms with van der Waals surface area (Å²) in [5.41, 5.74) is 5.15. The molecular formula is C31H33N3O6S. The van der Waals surface area contributed by atoms with Gasteiger partial charge in [0.05, 0.1) is 35.3 Å². The van der Waals surface area contributed by atoms with Gasteiger partial charge in [-0.1, -0.05) is 19.1 Å². The van der Waals surface area contributed by atoms with Crippen molar-refractivity contribution in [2.45, 2.75) is 61.8 Å². The molecule has 2 N–H and O–H groups in total. The lowest BCUT2D eigenvalue weighted by Crippen LogP contribution is -2.31. The number of ether oxygens (including phenoxy) is 1. The topological polar surface area (TPSA) is 126 Å². The SMILES string of the molecule is CCS(=O)(=O)c1ccc([C@H](CC(=O)O)NC(=O)c2ccc3c(c2)OCCN3c2cc(C3CC3)nc(C3CC3)c2)cc1. The number of sulfone groups is 1. The number of hydrogen-bond donors (Lipinski definition) is 2. The second-order valence-electron chi connectivity index (χ2n) is 11.0.